The van der Waals surface area contributed by atoms with Gasteiger partial charge in [0.25, 0.3) is 5.96 Å². The molecule has 2 rings (SSSR count). The van der Waals surface area contributed by atoms with Gasteiger partial charge in [-0.3, -0.25) is 0 Å². The first-order chi connectivity index (χ1) is 8.56. The molecule has 1 aliphatic heterocycles. The third-order valence-corrected chi connectivity index (χ3v) is 3.30. The second-order valence-electron chi connectivity index (χ2n) is 3.58. The number of rotatable bonds is 3. The molecular weight excluding hydrogens is 362 g/mol. The van der Waals surface area contributed by atoms with Crippen LogP contribution in [0.5, 0.6) is 0 Å². The van der Waals surface area contributed by atoms with Crippen molar-refractivity contribution in [2.45, 2.75) is 6.54 Å². The molecule has 1 fully saturated rings. The summed E-state index contributed by atoms with van der Waals surface area (Å²) in [7, 11) is 1.67. The van der Waals surface area contributed by atoms with Crippen LogP contribution in [-0.2, 0) is 11.3 Å². The third-order valence-electron chi connectivity index (χ3n) is 2.20. The molecule has 0 bridgehead atoms. The van der Waals surface area contributed by atoms with Gasteiger partial charge < -0.3 is 14.5 Å². The largest absolute Gasteiger partial charge is 0.341 e. The van der Waals surface area contributed by atoms with Gasteiger partial charge in [0.1, 0.15) is 18.6 Å². The first-order valence-electron chi connectivity index (χ1n) is 4.93. The van der Waals surface area contributed by atoms with Gasteiger partial charge in [-0.2, -0.15) is 0 Å². The van der Waals surface area contributed by atoms with E-state index in [1.54, 1.807) is 23.0 Å². The molecule has 19 heavy (non-hydrogen) atoms. The average Bonchev–Trinajstić information content (AvgIpc) is 2.69. The topological polar surface area (TPSA) is 84.1 Å². The van der Waals surface area contributed by atoms with Crippen LogP contribution < -0.4 is 0 Å². The fraction of sp³-hybridized carbons (Fsp3) is 0.500. The molecule has 1 aliphatic rings. The zero-order valence-electron chi connectivity index (χ0n) is 9.85. The summed E-state index contributed by atoms with van der Waals surface area (Å²) in [5, 5.41) is 13.2. The first kappa shape index (κ1) is 16.1. The number of nitro groups is 1. The smallest absolute Gasteiger partial charge is 0.277 e. The molecule has 0 spiro atoms. The molecule has 8 nitrogen and oxygen atoms in total. The Morgan fingerprint density at radius 2 is 2.42 bits per heavy atom. The lowest BCUT2D eigenvalue weighted by Crippen LogP contribution is -2.49. The van der Waals surface area contributed by atoms with Crippen LogP contribution in [0, 0.1) is 10.1 Å². The predicted molar refractivity (Wildman–Crippen MR) is 76.0 cm³/mol. The zero-order valence-corrected chi connectivity index (χ0v) is 13.1. The van der Waals surface area contributed by atoms with E-state index in [1.807, 2.05) is 0 Å². The number of nitrogens with zero attached hydrogens (tertiary/aromatic N) is 5. The average molecular weight is 373 g/mol. The zero-order chi connectivity index (χ0) is 13.1. The molecule has 0 N–H and O–H groups in total. The summed E-state index contributed by atoms with van der Waals surface area (Å²) in [6.45, 7) is 0.931. The molecule has 0 amide bonds. The minimum Gasteiger partial charge on any atom is -0.341 e. The van der Waals surface area contributed by atoms with E-state index in [0.717, 1.165) is 4.88 Å². The SMILES string of the molecule is Br.CN1COCN(Cc2cnc(Cl)s2)/C1=N/[N+](=O)[O-]. The van der Waals surface area contributed by atoms with Gasteiger partial charge in [-0.15, -0.1) is 28.3 Å². The second kappa shape index (κ2) is 6.98. The fourth-order valence-corrected chi connectivity index (χ4v) is 2.51. The Balaban J connectivity index is 0.00000180. The van der Waals surface area contributed by atoms with Crippen LogP contribution in [0.15, 0.2) is 11.3 Å². The molecule has 11 heteroatoms. The van der Waals surface area contributed by atoms with Crippen molar-refractivity contribution in [1.82, 2.24) is 14.8 Å². The predicted octanol–water partition coefficient (Wildman–Crippen LogP) is 1.60. The van der Waals surface area contributed by atoms with Crippen molar-refractivity contribution in [3.63, 3.8) is 0 Å². The van der Waals surface area contributed by atoms with Crippen molar-refractivity contribution in [3.8, 4) is 0 Å². The highest BCUT2D eigenvalue weighted by atomic mass is 79.9. The fourth-order valence-electron chi connectivity index (χ4n) is 1.52. The van der Waals surface area contributed by atoms with Gasteiger partial charge in [0, 0.05) is 18.1 Å². The quantitative estimate of drug-likeness (QED) is 0.592. The molecule has 0 atom stereocenters. The Morgan fingerprint density at radius 1 is 1.68 bits per heavy atom. The maximum Gasteiger partial charge on any atom is 0.277 e. The van der Waals surface area contributed by atoms with Crippen LogP contribution in [0.1, 0.15) is 4.88 Å². The molecule has 0 radical (unpaired) electrons. The van der Waals surface area contributed by atoms with Gasteiger partial charge >= 0.3 is 0 Å². The van der Waals surface area contributed by atoms with Crippen LogP contribution >= 0.6 is 39.9 Å². The lowest BCUT2D eigenvalue weighted by atomic mass is 10.5. The molecule has 0 aliphatic carbocycles. The summed E-state index contributed by atoms with van der Waals surface area (Å²) >= 11 is 7.05. The number of guanidine groups is 1. The van der Waals surface area contributed by atoms with E-state index in [1.165, 1.54) is 11.3 Å². The van der Waals surface area contributed by atoms with Crippen molar-refractivity contribution >= 4 is 45.9 Å². The highest BCUT2D eigenvalue weighted by molar-refractivity contribution is 8.93. The number of hydrazone groups is 1. The van der Waals surface area contributed by atoms with E-state index in [4.69, 9.17) is 16.3 Å². The lowest BCUT2D eigenvalue weighted by molar-refractivity contribution is -0.486. The van der Waals surface area contributed by atoms with Crippen LogP contribution in [0.2, 0.25) is 4.47 Å². The summed E-state index contributed by atoms with van der Waals surface area (Å²) < 4.78 is 5.72. The van der Waals surface area contributed by atoms with Gasteiger partial charge in [0.15, 0.2) is 9.50 Å². The lowest BCUT2D eigenvalue weighted by Gasteiger charge is -2.34. The minimum atomic E-state index is -0.718. The van der Waals surface area contributed by atoms with Crippen LogP contribution in [0.3, 0.4) is 0 Å². The van der Waals surface area contributed by atoms with Gasteiger partial charge in [0.05, 0.1) is 6.54 Å². The van der Waals surface area contributed by atoms with Crippen molar-refractivity contribution in [2.75, 3.05) is 20.5 Å². The highest BCUT2D eigenvalue weighted by Crippen LogP contribution is 2.20. The molecule has 1 aromatic rings. The normalized spacial score (nSPS) is 17.5. The highest BCUT2D eigenvalue weighted by Gasteiger charge is 2.25. The van der Waals surface area contributed by atoms with Crippen molar-refractivity contribution in [3.05, 3.63) is 25.7 Å². The molecule has 2 heterocycles. The van der Waals surface area contributed by atoms with Gasteiger partial charge in [-0.25, -0.2) is 15.1 Å². The molecule has 0 unspecified atom stereocenters. The second-order valence-corrected chi connectivity index (χ2v) is 5.27. The standard InChI is InChI=1S/C8H10ClN5O3S.BrH/c1-12-4-17-5-13(8(12)11-14(15)16)3-6-2-10-7(9)18-6;/h2H,3-5H2,1H3;1H/b11-8+;. The van der Waals surface area contributed by atoms with Gasteiger partial charge in [0.2, 0.25) is 0 Å². The van der Waals surface area contributed by atoms with Gasteiger partial charge in [-0.1, -0.05) is 11.6 Å². The molecular formula is C8H11BrClN5O3S. The van der Waals surface area contributed by atoms with E-state index < -0.39 is 5.03 Å². The molecule has 106 valence electrons. The minimum absolute atomic E-state index is 0. The monoisotopic (exact) mass is 371 g/mol. The van der Waals surface area contributed by atoms with E-state index >= 15 is 0 Å². The van der Waals surface area contributed by atoms with Crippen LogP contribution in [0.4, 0.5) is 0 Å². The van der Waals surface area contributed by atoms with E-state index in [0.29, 0.717) is 11.0 Å². The summed E-state index contributed by atoms with van der Waals surface area (Å²) in [5.74, 6) is 0.260. The number of ether oxygens (including phenoxy) is 1. The summed E-state index contributed by atoms with van der Waals surface area (Å²) in [6.07, 6.45) is 1.63. The van der Waals surface area contributed by atoms with Crippen molar-refractivity contribution < 1.29 is 9.77 Å². The number of thiazole rings is 1. The summed E-state index contributed by atoms with van der Waals surface area (Å²) in [5.41, 5.74) is 0. The van der Waals surface area contributed by atoms with Crippen LogP contribution in [-0.4, -0.2) is 46.3 Å². The van der Waals surface area contributed by atoms with Crippen LogP contribution in [0.25, 0.3) is 0 Å². The number of aromatic nitrogens is 1. The van der Waals surface area contributed by atoms with Crippen molar-refractivity contribution in [2.24, 2.45) is 5.10 Å². The first-order valence-corrected chi connectivity index (χ1v) is 6.12. The number of hydrogen-bond acceptors (Lipinski definition) is 5. The molecule has 1 saturated heterocycles. The Labute approximate surface area is 128 Å². The number of hydrogen-bond donors (Lipinski definition) is 0. The maximum atomic E-state index is 10.5. The Kier molecular flexibility index (Phi) is 5.91. The Morgan fingerprint density at radius 3 is 3.00 bits per heavy atom. The third kappa shape index (κ3) is 4.27. The number of halogens is 2. The maximum absolute atomic E-state index is 10.5. The molecule has 1 aromatic heterocycles. The van der Waals surface area contributed by atoms with Gasteiger partial charge in [-0.05, 0) is 0 Å². The molecule has 0 aromatic carbocycles. The Bertz CT molecular complexity index is 485. The summed E-state index contributed by atoms with van der Waals surface area (Å²) in [6, 6.07) is 0. The van der Waals surface area contributed by atoms with E-state index in [9.17, 15) is 10.1 Å². The van der Waals surface area contributed by atoms with E-state index in [-0.39, 0.29) is 36.4 Å². The molecule has 0 saturated carbocycles. The van der Waals surface area contributed by atoms with E-state index in [2.05, 4.69) is 10.1 Å². The Hall–Kier alpha value is -0.970. The van der Waals surface area contributed by atoms with Crippen molar-refractivity contribution in [1.29, 1.82) is 0 Å². The summed E-state index contributed by atoms with van der Waals surface area (Å²) in [4.78, 5) is 18.5.